The molecule has 4 heteroatoms. The Labute approximate surface area is 328 Å². The summed E-state index contributed by atoms with van der Waals surface area (Å²) in [6, 6.07) is 71.4. The summed E-state index contributed by atoms with van der Waals surface area (Å²) in [4.78, 5) is 10.7. The molecule has 11 aromatic rings. The second-order valence-electron chi connectivity index (χ2n) is 14.2. The standard InChI is InChI=1S/C52H33N3S/c1-3-12-34(13-4-1)36-22-26-38(27-23-36)45-33-46(39-28-24-37(25-29-39)35-14-5-2-6-15-35)54-52(53-45)43-18-11-20-48-51(43)42-17-7-9-19-47(42)55(48)40-30-31-50-44(32-40)41-16-8-10-21-49(41)56-50/h1-33H. The van der Waals surface area contributed by atoms with Gasteiger partial charge in [0.1, 0.15) is 0 Å². The highest BCUT2D eigenvalue weighted by atomic mass is 32.1. The minimum atomic E-state index is 0.699. The van der Waals surface area contributed by atoms with E-state index in [-0.39, 0.29) is 0 Å². The van der Waals surface area contributed by atoms with E-state index in [0.717, 1.165) is 50.2 Å². The molecule has 3 aromatic heterocycles. The molecule has 3 heterocycles. The van der Waals surface area contributed by atoms with Crippen LogP contribution >= 0.6 is 11.3 Å². The summed E-state index contributed by atoms with van der Waals surface area (Å²) in [6.07, 6.45) is 0. The van der Waals surface area contributed by atoms with Crippen molar-refractivity contribution < 1.29 is 0 Å². The second-order valence-corrected chi connectivity index (χ2v) is 15.3. The molecule has 8 aromatic carbocycles. The summed E-state index contributed by atoms with van der Waals surface area (Å²) in [5, 5.41) is 4.88. The third-order valence-corrected chi connectivity index (χ3v) is 12.0. The van der Waals surface area contributed by atoms with Gasteiger partial charge in [0.2, 0.25) is 0 Å². The van der Waals surface area contributed by atoms with E-state index in [4.69, 9.17) is 9.97 Å². The third-order valence-electron chi connectivity index (χ3n) is 10.9. The van der Waals surface area contributed by atoms with Gasteiger partial charge in [-0.1, -0.05) is 158 Å². The molecule has 262 valence electrons. The van der Waals surface area contributed by atoms with Crippen molar-refractivity contribution in [1.82, 2.24) is 14.5 Å². The zero-order valence-corrected chi connectivity index (χ0v) is 31.1. The fourth-order valence-electron chi connectivity index (χ4n) is 8.13. The highest BCUT2D eigenvalue weighted by Gasteiger charge is 2.20. The van der Waals surface area contributed by atoms with Gasteiger partial charge in [-0.25, -0.2) is 9.97 Å². The number of thiophene rings is 1. The Kier molecular flexibility index (Phi) is 7.68. The molecule has 0 unspecified atom stereocenters. The van der Waals surface area contributed by atoms with E-state index >= 15 is 0 Å². The van der Waals surface area contributed by atoms with Crippen molar-refractivity contribution in [3.05, 3.63) is 200 Å². The Bertz CT molecular complexity index is 3110. The van der Waals surface area contributed by atoms with Crippen molar-refractivity contribution in [3.8, 4) is 61.8 Å². The predicted octanol–water partition coefficient (Wildman–Crippen LogP) is 14.3. The minimum Gasteiger partial charge on any atom is -0.309 e. The summed E-state index contributed by atoms with van der Waals surface area (Å²) >= 11 is 1.85. The van der Waals surface area contributed by atoms with Gasteiger partial charge in [0.25, 0.3) is 0 Å². The molecule has 0 atom stereocenters. The first-order valence-corrected chi connectivity index (χ1v) is 19.7. The third kappa shape index (κ3) is 5.50. The number of benzene rings is 8. The maximum atomic E-state index is 5.36. The van der Waals surface area contributed by atoms with Gasteiger partial charge in [-0.3, -0.25) is 0 Å². The Hall–Kier alpha value is -7.14. The number of para-hydroxylation sites is 1. The van der Waals surface area contributed by atoms with Crippen molar-refractivity contribution in [2.45, 2.75) is 0 Å². The number of nitrogens with zero attached hydrogens (tertiary/aromatic N) is 3. The first-order chi connectivity index (χ1) is 27.7. The minimum absolute atomic E-state index is 0.699. The van der Waals surface area contributed by atoms with Gasteiger partial charge >= 0.3 is 0 Å². The molecule has 0 bridgehead atoms. The Morgan fingerprint density at radius 2 is 0.875 bits per heavy atom. The summed E-state index contributed by atoms with van der Waals surface area (Å²) < 4.78 is 5.00. The molecule has 0 saturated carbocycles. The van der Waals surface area contributed by atoms with E-state index in [1.165, 1.54) is 47.8 Å². The highest BCUT2D eigenvalue weighted by Crippen LogP contribution is 2.41. The van der Waals surface area contributed by atoms with Crippen LogP contribution in [-0.2, 0) is 0 Å². The molecule has 0 aliphatic carbocycles. The van der Waals surface area contributed by atoms with Gasteiger partial charge in [0, 0.05) is 53.3 Å². The molecule has 11 rings (SSSR count). The van der Waals surface area contributed by atoms with Crippen molar-refractivity contribution in [2.24, 2.45) is 0 Å². The lowest BCUT2D eigenvalue weighted by molar-refractivity contribution is 1.18. The van der Waals surface area contributed by atoms with E-state index in [2.05, 4.69) is 205 Å². The number of fused-ring (bicyclic) bond motifs is 6. The van der Waals surface area contributed by atoms with Gasteiger partial charge in [-0.15, -0.1) is 11.3 Å². The zero-order valence-electron chi connectivity index (χ0n) is 30.3. The van der Waals surface area contributed by atoms with Crippen LogP contribution in [0.3, 0.4) is 0 Å². The van der Waals surface area contributed by atoms with Gasteiger partial charge in [-0.2, -0.15) is 0 Å². The normalized spacial score (nSPS) is 11.6. The summed E-state index contributed by atoms with van der Waals surface area (Å²) in [5.74, 6) is 0.699. The quantitative estimate of drug-likeness (QED) is 0.170. The molecule has 0 N–H and O–H groups in total. The molecule has 0 aliphatic rings. The van der Waals surface area contributed by atoms with Crippen LogP contribution in [0, 0.1) is 0 Å². The monoisotopic (exact) mass is 731 g/mol. The van der Waals surface area contributed by atoms with Crippen molar-refractivity contribution in [2.75, 3.05) is 0 Å². The Morgan fingerprint density at radius 3 is 1.54 bits per heavy atom. The molecule has 0 amide bonds. The number of aromatic nitrogens is 3. The molecule has 0 radical (unpaired) electrons. The molecular weight excluding hydrogens is 699 g/mol. The van der Waals surface area contributed by atoms with Crippen LogP contribution in [0.2, 0.25) is 0 Å². The Morgan fingerprint density at radius 1 is 0.357 bits per heavy atom. The van der Waals surface area contributed by atoms with Crippen LogP contribution in [0.5, 0.6) is 0 Å². The molecule has 0 aliphatic heterocycles. The van der Waals surface area contributed by atoms with E-state index in [1.54, 1.807) is 0 Å². The molecule has 56 heavy (non-hydrogen) atoms. The molecular formula is C52H33N3S. The van der Waals surface area contributed by atoms with E-state index in [1.807, 2.05) is 11.3 Å². The van der Waals surface area contributed by atoms with Crippen LogP contribution in [-0.4, -0.2) is 14.5 Å². The SMILES string of the molecule is c1ccc(-c2ccc(-c3cc(-c4ccc(-c5ccccc5)cc4)nc(-c4cccc5c4c4ccccc4n5-c4ccc5sc6ccccc6c5c4)n3)cc2)cc1. The smallest absolute Gasteiger partial charge is 0.161 e. The lowest BCUT2D eigenvalue weighted by atomic mass is 10.00. The molecule has 0 spiro atoms. The zero-order chi connectivity index (χ0) is 37.0. The first-order valence-electron chi connectivity index (χ1n) is 18.9. The summed E-state index contributed by atoms with van der Waals surface area (Å²) in [6.45, 7) is 0. The van der Waals surface area contributed by atoms with E-state index in [9.17, 15) is 0 Å². The van der Waals surface area contributed by atoms with E-state index < -0.39 is 0 Å². The average molecular weight is 732 g/mol. The molecule has 3 nitrogen and oxygen atoms in total. The van der Waals surface area contributed by atoms with Crippen LogP contribution < -0.4 is 0 Å². The lowest BCUT2D eigenvalue weighted by Crippen LogP contribution is -1.97. The largest absolute Gasteiger partial charge is 0.309 e. The van der Waals surface area contributed by atoms with Crippen molar-refractivity contribution >= 4 is 53.3 Å². The van der Waals surface area contributed by atoms with E-state index in [0.29, 0.717) is 5.82 Å². The van der Waals surface area contributed by atoms with Crippen molar-refractivity contribution in [3.63, 3.8) is 0 Å². The maximum Gasteiger partial charge on any atom is 0.161 e. The van der Waals surface area contributed by atoms with Crippen LogP contribution in [0.25, 0.3) is 104 Å². The maximum absolute atomic E-state index is 5.36. The fourth-order valence-corrected chi connectivity index (χ4v) is 9.21. The molecule has 0 fully saturated rings. The van der Waals surface area contributed by atoms with Gasteiger partial charge in [0.15, 0.2) is 5.82 Å². The summed E-state index contributed by atoms with van der Waals surface area (Å²) in [7, 11) is 0. The number of hydrogen-bond acceptors (Lipinski definition) is 3. The van der Waals surface area contributed by atoms with Crippen LogP contribution in [0.4, 0.5) is 0 Å². The number of rotatable bonds is 6. The van der Waals surface area contributed by atoms with Crippen LogP contribution in [0.15, 0.2) is 200 Å². The van der Waals surface area contributed by atoms with Crippen molar-refractivity contribution in [1.29, 1.82) is 0 Å². The first kappa shape index (κ1) is 32.3. The fraction of sp³-hybridized carbons (Fsp3) is 0. The highest BCUT2D eigenvalue weighted by molar-refractivity contribution is 7.25. The molecule has 0 saturated heterocycles. The second kappa shape index (κ2) is 13.3. The topological polar surface area (TPSA) is 30.7 Å². The predicted molar refractivity (Wildman–Crippen MR) is 236 cm³/mol. The average Bonchev–Trinajstić information content (AvgIpc) is 3.82. The van der Waals surface area contributed by atoms with Crippen LogP contribution in [0.1, 0.15) is 0 Å². The van der Waals surface area contributed by atoms with Gasteiger partial charge in [0.05, 0.1) is 22.4 Å². The number of hydrogen-bond donors (Lipinski definition) is 0. The van der Waals surface area contributed by atoms with Gasteiger partial charge in [-0.05, 0) is 64.7 Å². The lowest BCUT2D eigenvalue weighted by Gasteiger charge is -2.12. The summed E-state index contributed by atoms with van der Waals surface area (Å²) in [5.41, 5.74) is 13.0. The van der Waals surface area contributed by atoms with Gasteiger partial charge < -0.3 is 4.57 Å². The Balaban J connectivity index is 1.10.